The molecule has 0 amide bonds. The number of hydrogen-bond acceptors (Lipinski definition) is 3. The topological polar surface area (TPSA) is 67.5 Å². The van der Waals surface area contributed by atoms with E-state index in [4.69, 9.17) is 16.7 Å². The fraction of sp³-hybridized carbons (Fsp3) is 0. The fourth-order valence-corrected chi connectivity index (χ4v) is 2.16. The van der Waals surface area contributed by atoms with Crippen molar-refractivity contribution in [1.82, 2.24) is 14.6 Å². The summed E-state index contributed by atoms with van der Waals surface area (Å²) in [6.07, 6.45) is 1.51. The fourth-order valence-electron chi connectivity index (χ4n) is 1.90. The van der Waals surface area contributed by atoms with E-state index in [9.17, 15) is 9.18 Å². The van der Waals surface area contributed by atoms with Crippen molar-refractivity contribution in [3.8, 4) is 11.3 Å². The third kappa shape index (κ3) is 2.00. The average molecular weight is 292 g/mol. The van der Waals surface area contributed by atoms with Crippen LogP contribution >= 0.6 is 11.6 Å². The monoisotopic (exact) mass is 291 g/mol. The summed E-state index contributed by atoms with van der Waals surface area (Å²) in [5.74, 6) is -1.60. The van der Waals surface area contributed by atoms with Crippen LogP contribution in [0.15, 0.2) is 36.5 Å². The largest absolute Gasteiger partial charge is 0.476 e. The molecule has 3 rings (SSSR count). The van der Waals surface area contributed by atoms with Crippen LogP contribution in [0.2, 0.25) is 5.02 Å². The van der Waals surface area contributed by atoms with Crippen LogP contribution < -0.4 is 0 Å². The zero-order valence-corrected chi connectivity index (χ0v) is 10.7. The quantitative estimate of drug-likeness (QED) is 0.788. The Hall–Kier alpha value is -2.47. The Labute approximate surface area is 117 Å². The minimum absolute atomic E-state index is 0.122. The van der Waals surface area contributed by atoms with Crippen LogP contribution in [0, 0.1) is 5.82 Å². The van der Waals surface area contributed by atoms with Gasteiger partial charge in [0.05, 0.1) is 10.7 Å². The number of aromatic carboxylic acids is 1. The Kier molecular flexibility index (Phi) is 2.87. The molecule has 0 unspecified atom stereocenters. The number of carboxylic acid groups (broad SMARTS) is 1. The van der Waals surface area contributed by atoms with E-state index < -0.39 is 11.8 Å². The highest BCUT2D eigenvalue weighted by atomic mass is 35.5. The van der Waals surface area contributed by atoms with Gasteiger partial charge in [-0.2, -0.15) is 5.10 Å². The highest BCUT2D eigenvalue weighted by molar-refractivity contribution is 6.33. The Morgan fingerprint density at radius 2 is 2.10 bits per heavy atom. The lowest BCUT2D eigenvalue weighted by atomic mass is 10.1. The summed E-state index contributed by atoms with van der Waals surface area (Å²) in [6, 6.07) is 6.95. The van der Waals surface area contributed by atoms with Gasteiger partial charge < -0.3 is 5.11 Å². The average Bonchev–Trinajstić information content (AvgIpc) is 2.83. The molecular weight excluding hydrogens is 285 g/mol. The van der Waals surface area contributed by atoms with Crippen molar-refractivity contribution in [2.75, 3.05) is 0 Å². The molecule has 1 aromatic carbocycles. The number of carboxylic acids is 1. The molecule has 3 aromatic rings. The number of aromatic nitrogens is 3. The summed E-state index contributed by atoms with van der Waals surface area (Å²) in [7, 11) is 0. The van der Waals surface area contributed by atoms with Crippen molar-refractivity contribution in [2.45, 2.75) is 0 Å². The van der Waals surface area contributed by atoms with Gasteiger partial charge in [0.1, 0.15) is 5.82 Å². The normalized spacial score (nSPS) is 10.9. The van der Waals surface area contributed by atoms with Crippen LogP contribution in [0.5, 0.6) is 0 Å². The minimum atomic E-state index is -1.15. The molecule has 0 radical (unpaired) electrons. The van der Waals surface area contributed by atoms with Gasteiger partial charge >= 0.3 is 5.97 Å². The molecule has 1 N–H and O–H groups in total. The first kappa shape index (κ1) is 12.6. The van der Waals surface area contributed by atoms with Crippen molar-refractivity contribution in [2.24, 2.45) is 0 Å². The highest BCUT2D eigenvalue weighted by Crippen LogP contribution is 2.28. The number of rotatable bonds is 2. The lowest BCUT2D eigenvalue weighted by molar-refractivity contribution is 0.0690. The zero-order valence-electron chi connectivity index (χ0n) is 9.92. The second kappa shape index (κ2) is 4.57. The molecule has 0 spiro atoms. The number of halogens is 2. The van der Waals surface area contributed by atoms with Gasteiger partial charge in [-0.15, -0.1) is 0 Å². The van der Waals surface area contributed by atoms with Crippen LogP contribution in [-0.4, -0.2) is 25.7 Å². The van der Waals surface area contributed by atoms with Gasteiger partial charge in [0.15, 0.2) is 11.3 Å². The van der Waals surface area contributed by atoms with Crippen molar-refractivity contribution < 1.29 is 14.3 Å². The zero-order chi connectivity index (χ0) is 14.3. The van der Waals surface area contributed by atoms with Gasteiger partial charge in [0, 0.05) is 17.8 Å². The van der Waals surface area contributed by atoms with E-state index in [0.29, 0.717) is 16.9 Å². The number of fused-ring (bicyclic) bond motifs is 1. The van der Waals surface area contributed by atoms with Gasteiger partial charge in [0.2, 0.25) is 0 Å². The second-order valence-electron chi connectivity index (χ2n) is 4.06. The summed E-state index contributed by atoms with van der Waals surface area (Å²) in [4.78, 5) is 15.0. The van der Waals surface area contributed by atoms with Gasteiger partial charge in [-0.05, 0) is 24.3 Å². The molecule has 0 saturated carbocycles. The number of benzene rings is 1. The van der Waals surface area contributed by atoms with Gasteiger partial charge in [-0.3, -0.25) is 0 Å². The van der Waals surface area contributed by atoms with E-state index in [1.165, 1.54) is 35.0 Å². The highest BCUT2D eigenvalue weighted by Gasteiger charge is 2.14. The van der Waals surface area contributed by atoms with Crippen LogP contribution in [0.4, 0.5) is 4.39 Å². The van der Waals surface area contributed by atoms with Crippen molar-refractivity contribution in [1.29, 1.82) is 0 Å². The van der Waals surface area contributed by atoms with Crippen LogP contribution in [0.3, 0.4) is 0 Å². The Morgan fingerprint density at radius 1 is 1.30 bits per heavy atom. The van der Waals surface area contributed by atoms with E-state index in [1.807, 2.05) is 0 Å². The van der Waals surface area contributed by atoms with Crippen LogP contribution in [0.1, 0.15) is 10.5 Å². The standard InChI is InChI=1S/C13H7ClFN3O2/c14-9-5-7(15)1-2-8(9)11-3-4-16-12-6-10(13(19)20)17-18(11)12/h1-6H,(H,19,20). The Morgan fingerprint density at radius 3 is 2.80 bits per heavy atom. The first-order chi connectivity index (χ1) is 9.56. The predicted molar refractivity (Wildman–Crippen MR) is 70.4 cm³/mol. The summed E-state index contributed by atoms with van der Waals surface area (Å²) < 4.78 is 14.5. The van der Waals surface area contributed by atoms with Crippen molar-refractivity contribution in [3.63, 3.8) is 0 Å². The first-order valence-electron chi connectivity index (χ1n) is 5.60. The molecule has 0 bridgehead atoms. The molecule has 2 aromatic heterocycles. The molecule has 0 aliphatic rings. The molecule has 5 nitrogen and oxygen atoms in total. The van der Waals surface area contributed by atoms with E-state index in [0.717, 1.165) is 0 Å². The van der Waals surface area contributed by atoms with Crippen LogP contribution in [-0.2, 0) is 0 Å². The number of hydrogen-bond donors (Lipinski definition) is 1. The molecule has 100 valence electrons. The molecule has 7 heteroatoms. The summed E-state index contributed by atoms with van der Waals surface area (Å²) in [6.45, 7) is 0. The lowest BCUT2D eigenvalue weighted by Gasteiger charge is -2.06. The lowest BCUT2D eigenvalue weighted by Crippen LogP contribution is -2.00. The maximum atomic E-state index is 13.1. The SMILES string of the molecule is O=C(O)c1cc2nccc(-c3ccc(F)cc3Cl)n2n1. The summed E-state index contributed by atoms with van der Waals surface area (Å²) in [5, 5.41) is 13.1. The van der Waals surface area contributed by atoms with Crippen molar-refractivity contribution in [3.05, 3.63) is 53.1 Å². The predicted octanol–water partition coefficient (Wildman–Crippen LogP) is 2.89. The molecule has 0 aliphatic heterocycles. The maximum Gasteiger partial charge on any atom is 0.356 e. The smallest absolute Gasteiger partial charge is 0.356 e. The maximum absolute atomic E-state index is 13.1. The Bertz CT molecular complexity index is 832. The van der Waals surface area contributed by atoms with E-state index >= 15 is 0 Å². The third-order valence-electron chi connectivity index (χ3n) is 2.78. The van der Waals surface area contributed by atoms with Gasteiger partial charge in [-0.25, -0.2) is 18.7 Å². The summed E-state index contributed by atoms with van der Waals surface area (Å²) in [5.41, 5.74) is 1.33. The number of nitrogens with zero attached hydrogens (tertiary/aromatic N) is 3. The minimum Gasteiger partial charge on any atom is -0.476 e. The van der Waals surface area contributed by atoms with Gasteiger partial charge in [-0.1, -0.05) is 11.6 Å². The number of carbonyl (C=O) groups is 1. The van der Waals surface area contributed by atoms with E-state index in [2.05, 4.69) is 10.1 Å². The molecule has 0 aliphatic carbocycles. The molecular formula is C13H7ClFN3O2. The van der Waals surface area contributed by atoms with Gasteiger partial charge in [0.25, 0.3) is 0 Å². The molecule has 20 heavy (non-hydrogen) atoms. The van der Waals surface area contributed by atoms with E-state index in [1.54, 1.807) is 6.07 Å². The first-order valence-corrected chi connectivity index (χ1v) is 5.97. The Balaban J connectivity index is 2.28. The molecule has 0 fully saturated rings. The molecule has 2 heterocycles. The molecule has 0 saturated heterocycles. The van der Waals surface area contributed by atoms with E-state index in [-0.39, 0.29) is 10.7 Å². The molecule has 0 atom stereocenters. The van der Waals surface area contributed by atoms with Crippen molar-refractivity contribution >= 4 is 23.2 Å². The summed E-state index contributed by atoms with van der Waals surface area (Å²) >= 11 is 6.02. The third-order valence-corrected chi connectivity index (χ3v) is 3.10. The second-order valence-corrected chi connectivity index (χ2v) is 4.47. The van der Waals surface area contributed by atoms with Crippen LogP contribution in [0.25, 0.3) is 16.9 Å².